The molecule has 7 heteroatoms. The van der Waals surface area contributed by atoms with Crippen LogP contribution < -0.4 is 14.8 Å². The van der Waals surface area contributed by atoms with E-state index in [1.165, 1.54) is 6.39 Å². The molecule has 1 aromatic heterocycles. The predicted molar refractivity (Wildman–Crippen MR) is 96.1 cm³/mol. The number of nitrogens with one attached hydrogen (secondary N) is 1. The zero-order valence-electron chi connectivity index (χ0n) is 14.3. The summed E-state index contributed by atoms with van der Waals surface area (Å²) in [6, 6.07) is 14.4. The lowest BCUT2D eigenvalue weighted by molar-refractivity contribution is -0.118. The van der Waals surface area contributed by atoms with Crippen molar-refractivity contribution in [2.75, 3.05) is 18.5 Å². The van der Waals surface area contributed by atoms with Crippen LogP contribution in [0.2, 0.25) is 0 Å². The van der Waals surface area contributed by atoms with Crippen molar-refractivity contribution in [3.05, 3.63) is 54.9 Å². The van der Waals surface area contributed by atoms with Gasteiger partial charge in [0, 0.05) is 5.56 Å². The van der Waals surface area contributed by atoms with Crippen LogP contribution >= 0.6 is 0 Å². The van der Waals surface area contributed by atoms with Crippen molar-refractivity contribution in [2.24, 2.45) is 0 Å². The van der Waals surface area contributed by atoms with Gasteiger partial charge in [0.05, 0.1) is 12.3 Å². The number of benzene rings is 2. The summed E-state index contributed by atoms with van der Waals surface area (Å²) < 4.78 is 16.3. The molecule has 7 nitrogen and oxygen atoms in total. The monoisotopic (exact) mass is 353 g/mol. The third kappa shape index (κ3) is 4.60. The van der Waals surface area contributed by atoms with Gasteiger partial charge in [-0.3, -0.25) is 4.79 Å². The molecule has 0 spiro atoms. The normalized spacial score (nSPS) is 10.3. The fraction of sp³-hybridized carbons (Fsp3) is 0.211. The molecule has 134 valence electrons. The molecule has 0 unspecified atom stereocenters. The summed E-state index contributed by atoms with van der Waals surface area (Å²) in [7, 11) is 0. The van der Waals surface area contributed by atoms with Gasteiger partial charge in [0.2, 0.25) is 12.3 Å². The van der Waals surface area contributed by atoms with Gasteiger partial charge in [-0.2, -0.15) is 0 Å². The topological polar surface area (TPSA) is 86.5 Å². The number of aromatic nitrogens is 2. The number of hydrogen-bond donors (Lipinski definition) is 1. The Kier molecular flexibility index (Phi) is 5.82. The largest absolute Gasteiger partial charge is 0.491 e. The maximum atomic E-state index is 12.1. The van der Waals surface area contributed by atoms with E-state index in [0.29, 0.717) is 29.7 Å². The minimum atomic E-state index is -0.265. The predicted octanol–water partition coefficient (Wildman–Crippen LogP) is 3.54. The Balaban J connectivity index is 1.54. The Morgan fingerprint density at radius 3 is 2.65 bits per heavy atom. The smallest absolute Gasteiger partial charge is 0.262 e. The van der Waals surface area contributed by atoms with Crippen molar-refractivity contribution in [1.29, 1.82) is 0 Å². The van der Waals surface area contributed by atoms with Crippen LogP contribution in [0.25, 0.3) is 11.5 Å². The minimum Gasteiger partial charge on any atom is -0.491 e. The highest BCUT2D eigenvalue weighted by molar-refractivity contribution is 5.93. The van der Waals surface area contributed by atoms with E-state index in [1.807, 2.05) is 25.1 Å². The van der Waals surface area contributed by atoms with Gasteiger partial charge >= 0.3 is 0 Å². The summed E-state index contributed by atoms with van der Waals surface area (Å²) >= 11 is 0. The first kappa shape index (κ1) is 17.5. The molecule has 0 fully saturated rings. The molecule has 2 aromatic carbocycles. The Morgan fingerprint density at radius 1 is 1.12 bits per heavy atom. The van der Waals surface area contributed by atoms with E-state index in [1.54, 1.807) is 30.3 Å². The van der Waals surface area contributed by atoms with Crippen LogP contribution in [0, 0.1) is 0 Å². The Labute approximate surface area is 151 Å². The zero-order valence-corrected chi connectivity index (χ0v) is 14.3. The van der Waals surface area contributed by atoms with Gasteiger partial charge in [0.25, 0.3) is 5.91 Å². The van der Waals surface area contributed by atoms with Crippen LogP contribution in [0.1, 0.15) is 13.3 Å². The van der Waals surface area contributed by atoms with Gasteiger partial charge in [-0.1, -0.05) is 19.1 Å². The van der Waals surface area contributed by atoms with Gasteiger partial charge in [-0.05, 0) is 42.8 Å². The first-order chi connectivity index (χ1) is 12.8. The summed E-state index contributed by atoms with van der Waals surface area (Å²) in [6.07, 6.45) is 2.16. The number of carbonyl (C=O) groups is 1. The second-order valence-corrected chi connectivity index (χ2v) is 5.45. The first-order valence-electron chi connectivity index (χ1n) is 8.27. The fourth-order valence-corrected chi connectivity index (χ4v) is 2.24. The Bertz CT molecular complexity index is 832. The van der Waals surface area contributed by atoms with Crippen molar-refractivity contribution in [2.45, 2.75) is 13.3 Å². The molecule has 0 bridgehead atoms. The lowest BCUT2D eigenvalue weighted by atomic mass is 10.2. The number of nitrogens with zero attached hydrogens (tertiary/aromatic N) is 2. The number of rotatable bonds is 8. The Morgan fingerprint density at radius 2 is 1.92 bits per heavy atom. The van der Waals surface area contributed by atoms with Crippen LogP contribution in [0.4, 0.5) is 5.69 Å². The van der Waals surface area contributed by atoms with Gasteiger partial charge in [0.1, 0.15) is 11.5 Å². The van der Waals surface area contributed by atoms with Crippen molar-refractivity contribution >= 4 is 11.6 Å². The number of carbonyl (C=O) groups excluding carboxylic acids is 1. The van der Waals surface area contributed by atoms with E-state index in [9.17, 15) is 4.79 Å². The standard InChI is InChI=1S/C19H19N3O4/c1-2-11-24-17-6-4-3-5-16(17)21-18(23)12-25-15-9-7-14(8-10-15)19-22-20-13-26-19/h3-10,13H,2,11-12H2,1H3,(H,21,23). The van der Waals surface area contributed by atoms with E-state index >= 15 is 0 Å². The number of hydrogen-bond acceptors (Lipinski definition) is 6. The zero-order chi connectivity index (χ0) is 18.2. The SMILES string of the molecule is CCCOc1ccccc1NC(=O)COc1ccc(-c2nnco2)cc1. The summed E-state index contributed by atoms with van der Waals surface area (Å²) in [6.45, 7) is 2.51. The van der Waals surface area contributed by atoms with Gasteiger partial charge in [0.15, 0.2) is 6.61 Å². The quantitative estimate of drug-likeness (QED) is 0.666. The number of ether oxygens (including phenoxy) is 2. The highest BCUT2D eigenvalue weighted by atomic mass is 16.5. The Hall–Kier alpha value is -3.35. The molecule has 0 radical (unpaired) electrons. The molecule has 3 rings (SSSR count). The summed E-state index contributed by atoms with van der Waals surface area (Å²) in [5, 5.41) is 10.3. The molecule has 3 aromatic rings. The van der Waals surface area contributed by atoms with E-state index in [2.05, 4.69) is 15.5 Å². The minimum absolute atomic E-state index is 0.109. The number of amides is 1. The van der Waals surface area contributed by atoms with Crippen molar-refractivity contribution in [3.63, 3.8) is 0 Å². The molecule has 0 aliphatic rings. The van der Waals surface area contributed by atoms with E-state index < -0.39 is 0 Å². The maximum Gasteiger partial charge on any atom is 0.262 e. The van der Waals surface area contributed by atoms with Gasteiger partial charge in [-0.15, -0.1) is 10.2 Å². The van der Waals surface area contributed by atoms with Gasteiger partial charge in [-0.25, -0.2) is 0 Å². The van der Waals surface area contributed by atoms with Crippen LogP contribution in [-0.2, 0) is 4.79 Å². The average Bonchev–Trinajstić information content (AvgIpc) is 3.21. The van der Waals surface area contributed by atoms with Gasteiger partial charge < -0.3 is 19.2 Å². The van der Waals surface area contributed by atoms with Crippen molar-refractivity contribution < 1.29 is 18.7 Å². The van der Waals surface area contributed by atoms with E-state index in [-0.39, 0.29) is 12.5 Å². The van der Waals surface area contributed by atoms with Crippen LogP contribution in [0.15, 0.2) is 59.3 Å². The second-order valence-electron chi connectivity index (χ2n) is 5.45. The molecule has 0 saturated carbocycles. The van der Waals surface area contributed by atoms with Crippen LogP contribution in [-0.4, -0.2) is 29.3 Å². The molecular weight excluding hydrogens is 334 g/mol. The third-order valence-corrected chi connectivity index (χ3v) is 3.45. The first-order valence-corrected chi connectivity index (χ1v) is 8.27. The van der Waals surface area contributed by atoms with E-state index in [4.69, 9.17) is 13.9 Å². The van der Waals surface area contributed by atoms with Crippen molar-refractivity contribution in [1.82, 2.24) is 10.2 Å². The second kappa shape index (κ2) is 8.66. The fourth-order valence-electron chi connectivity index (χ4n) is 2.24. The maximum absolute atomic E-state index is 12.1. The highest BCUT2D eigenvalue weighted by Gasteiger charge is 2.09. The molecule has 1 heterocycles. The molecule has 1 N–H and O–H groups in total. The highest BCUT2D eigenvalue weighted by Crippen LogP contribution is 2.24. The molecule has 0 saturated heterocycles. The number of anilines is 1. The average molecular weight is 353 g/mol. The van der Waals surface area contributed by atoms with Crippen molar-refractivity contribution in [3.8, 4) is 23.0 Å². The molecular formula is C19H19N3O4. The molecule has 1 amide bonds. The van der Waals surface area contributed by atoms with Crippen LogP contribution in [0.5, 0.6) is 11.5 Å². The third-order valence-electron chi connectivity index (χ3n) is 3.45. The lowest BCUT2D eigenvalue weighted by Crippen LogP contribution is -2.20. The molecule has 0 aliphatic heterocycles. The molecule has 26 heavy (non-hydrogen) atoms. The molecule has 0 atom stereocenters. The summed E-state index contributed by atoms with van der Waals surface area (Å²) in [4.78, 5) is 12.1. The summed E-state index contributed by atoms with van der Waals surface area (Å²) in [5.74, 6) is 1.38. The number of para-hydroxylation sites is 2. The lowest BCUT2D eigenvalue weighted by Gasteiger charge is -2.12. The molecule has 0 aliphatic carbocycles. The van der Waals surface area contributed by atoms with Crippen LogP contribution in [0.3, 0.4) is 0 Å². The summed E-state index contributed by atoms with van der Waals surface area (Å²) in [5.41, 5.74) is 1.41. The van der Waals surface area contributed by atoms with E-state index in [0.717, 1.165) is 12.0 Å².